The molecule has 1 heterocycles. The van der Waals surface area contributed by atoms with Crippen molar-refractivity contribution in [1.29, 1.82) is 0 Å². The average molecular weight is 279 g/mol. The van der Waals surface area contributed by atoms with Gasteiger partial charge in [-0.25, -0.2) is 4.39 Å². The first-order valence-corrected chi connectivity index (χ1v) is 6.55. The van der Waals surface area contributed by atoms with Crippen molar-refractivity contribution in [3.05, 3.63) is 64.5 Å². The van der Waals surface area contributed by atoms with Crippen molar-refractivity contribution in [3.63, 3.8) is 0 Å². The normalized spacial score (nSPS) is 15.9. The van der Waals surface area contributed by atoms with E-state index in [-0.39, 0.29) is 11.6 Å². The molecule has 3 aromatic rings. The summed E-state index contributed by atoms with van der Waals surface area (Å²) in [6.45, 7) is 0. The summed E-state index contributed by atoms with van der Waals surface area (Å²) in [6, 6.07) is 9.66. The summed E-state index contributed by atoms with van der Waals surface area (Å²) in [6.07, 6.45) is 2.32. The van der Waals surface area contributed by atoms with Crippen LogP contribution in [0.3, 0.4) is 0 Å². The predicted molar refractivity (Wildman–Crippen MR) is 76.3 cm³/mol. The first-order chi connectivity index (χ1) is 10.2. The third kappa shape index (κ3) is 1.86. The van der Waals surface area contributed by atoms with Crippen LogP contribution in [0.2, 0.25) is 0 Å². The van der Waals surface area contributed by atoms with E-state index in [0.717, 1.165) is 22.2 Å². The van der Waals surface area contributed by atoms with Crippen LogP contribution in [0, 0.1) is 5.82 Å². The van der Waals surface area contributed by atoms with Crippen LogP contribution in [0.5, 0.6) is 0 Å². The van der Waals surface area contributed by atoms with E-state index in [2.05, 4.69) is 15.4 Å². The average Bonchev–Trinajstić information content (AvgIpc) is 3.07. The fourth-order valence-corrected chi connectivity index (χ4v) is 2.68. The maximum atomic E-state index is 12.9. The number of carbonyl (C=O) groups excluding carboxylic acids is 1. The Balaban J connectivity index is 1.80. The van der Waals surface area contributed by atoms with Gasteiger partial charge in [-0.3, -0.25) is 4.79 Å². The van der Waals surface area contributed by atoms with Crippen LogP contribution in [-0.4, -0.2) is 21.2 Å². The number of aromatic nitrogens is 3. The van der Waals surface area contributed by atoms with Gasteiger partial charge in [-0.2, -0.15) is 15.4 Å². The molecule has 0 amide bonds. The van der Waals surface area contributed by atoms with E-state index < -0.39 is 0 Å². The molecule has 0 aliphatic heterocycles. The number of hydrogen-bond acceptors (Lipinski definition) is 3. The Morgan fingerprint density at radius 2 is 1.90 bits per heavy atom. The lowest BCUT2D eigenvalue weighted by Gasteiger charge is -1.96. The largest absolute Gasteiger partial charge is 0.289 e. The fraction of sp³-hybridized carbons (Fsp3) is 0.0625. The van der Waals surface area contributed by atoms with Crippen molar-refractivity contribution in [1.82, 2.24) is 15.4 Å². The standard InChI is InChI=1S/C16H10FN3O/c17-11-3-1-9(2-4-11)7-10-8-13-12(16(10)21)5-6-14-15(13)19-20-18-14/h1-7H,8H2,(H,18,19,20)/b10-7-. The molecule has 0 fully saturated rings. The molecule has 0 atom stereocenters. The van der Waals surface area contributed by atoms with Gasteiger partial charge >= 0.3 is 0 Å². The lowest BCUT2D eigenvalue weighted by molar-refractivity contribution is 0.104. The summed E-state index contributed by atoms with van der Waals surface area (Å²) >= 11 is 0. The van der Waals surface area contributed by atoms with Crippen molar-refractivity contribution in [2.45, 2.75) is 6.42 Å². The van der Waals surface area contributed by atoms with Crippen LogP contribution >= 0.6 is 0 Å². The number of carbonyl (C=O) groups is 1. The molecule has 2 aromatic carbocycles. The van der Waals surface area contributed by atoms with Crippen LogP contribution in [0.15, 0.2) is 42.0 Å². The van der Waals surface area contributed by atoms with E-state index in [1.54, 1.807) is 30.3 Å². The van der Waals surface area contributed by atoms with E-state index in [1.165, 1.54) is 12.1 Å². The minimum absolute atomic E-state index is 0.000718. The quantitative estimate of drug-likeness (QED) is 0.697. The van der Waals surface area contributed by atoms with Crippen LogP contribution in [-0.2, 0) is 6.42 Å². The van der Waals surface area contributed by atoms with Crippen molar-refractivity contribution in [2.75, 3.05) is 0 Å². The Bertz CT molecular complexity index is 894. The molecule has 1 aliphatic rings. The van der Waals surface area contributed by atoms with Crippen molar-refractivity contribution < 1.29 is 9.18 Å². The summed E-state index contributed by atoms with van der Waals surface area (Å²) in [5.41, 5.74) is 4.56. The van der Waals surface area contributed by atoms with E-state index >= 15 is 0 Å². The molecule has 1 N–H and O–H groups in total. The number of ketones is 1. The van der Waals surface area contributed by atoms with Gasteiger partial charge in [0, 0.05) is 17.6 Å². The summed E-state index contributed by atoms with van der Waals surface area (Å²) in [5.74, 6) is -0.290. The number of benzene rings is 2. The van der Waals surface area contributed by atoms with E-state index in [4.69, 9.17) is 0 Å². The molecule has 0 spiro atoms. The monoisotopic (exact) mass is 279 g/mol. The number of nitrogens with one attached hydrogen (secondary N) is 1. The van der Waals surface area contributed by atoms with Crippen LogP contribution < -0.4 is 0 Å². The predicted octanol–water partition coefficient (Wildman–Crippen LogP) is 2.92. The molecule has 1 aliphatic carbocycles. The molecule has 4 rings (SSSR count). The number of fused-ring (bicyclic) bond motifs is 3. The van der Waals surface area contributed by atoms with Crippen molar-refractivity contribution in [3.8, 4) is 0 Å². The zero-order valence-corrected chi connectivity index (χ0v) is 10.9. The molecule has 0 saturated heterocycles. The lowest BCUT2D eigenvalue weighted by Crippen LogP contribution is -1.95. The molecule has 0 saturated carbocycles. The number of allylic oxidation sites excluding steroid dienone is 1. The fourth-order valence-electron chi connectivity index (χ4n) is 2.68. The summed E-state index contributed by atoms with van der Waals surface area (Å²) in [7, 11) is 0. The van der Waals surface area contributed by atoms with Gasteiger partial charge in [0.2, 0.25) is 0 Å². The molecule has 0 radical (unpaired) electrons. The number of hydrogen-bond donors (Lipinski definition) is 1. The van der Waals surface area contributed by atoms with Gasteiger partial charge in [0.05, 0.1) is 0 Å². The molecule has 21 heavy (non-hydrogen) atoms. The summed E-state index contributed by atoms with van der Waals surface area (Å²) < 4.78 is 12.9. The van der Waals surface area contributed by atoms with Crippen LogP contribution in [0.4, 0.5) is 4.39 Å². The second-order valence-electron chi connectivity index (χ2n) is 5.01. The smallest absolute Gasteiger partial charge is 0.189 e. The zero-order valence-electron chi connectivity index (χ0n) is 10.9. The van der Waals surface area contributed by atoms with Gasteiger partial charge < -0.3 is 0 Å². The SMILES string of the molecule is O=C1/C(=C\c2ccc(F)cc2)Cc2c1ccc1n[nH]nc21. The van der Waals surface area contributed by atoms with Gasteiger partial charge in [0.25, 0.3) is 0 Å². The van der Waals surface area contributed by atoms with Gasteiger partial charge in [0.1, 0.15) is 16.9 Å². The molecular formula is C16H10FN3O. The second kappa shape index (κ2) is 4.34. The van der Waals surface area contributed by atoms with E-state index in [9.17, 15) is 9.18 Å². The molecule has 4 nitrogen and oxygen atoms in total. The first-order valence-electron chi connectivity index (χ1n) is 6.55. The van der Waals surface area contributed by atoms with E-state index in [0.29, 0.717) is 17.6 Å². The number of nitrogens with zero attached hydrogens (tertiary/aromatic N) is 2. The van der Waals surface area contributed by atoms with Crippen LogP contribution in [0.25, 0.3) is 17.1 Å². The van der Waals surface area contributed by atoms with Gasteiger partial charge in [-0.15, -0.1) is 0 Å². The third-order valence-electron chi connectivity index (χ3n) is 3.71. The highest BCUT2D eigenvalue weighted by Gasteiger charge is 2.27. The minimum atomic E-state index is -0.289. The van der Waals surface area contributed by atoms with Gasteiger partial charge in [-0.05, 0) is 41.5 Å². The highest BCUT2D eigenvalue weighted by atomic mass is 19.1. The molecule has 5 heteroatoms. The maximum absolute atomic E-state index is 12.9. The Kier molecular flexibility index (Phi) is 2.47. The number of H-pyrrole nitrogens is 1. The minimum Gasteiger partial charge on any atom is -0.289 e. The Morgan fingerprint density at radius 3 is 2.71 bits per heavy atom. The highest BCUT2D eigenvalue weighted by Crippen LogP contribution is 2.31. The van der Waals surface area contributed by atoms with Gasteiger partial charge in [0.15, 0.2) is 5.78 Å². The second-order valence-corrected chi connectivity index (χ2v) is 5.01. The first kappa shape index (κ1) is 12.0. The molecule has 0 bridgehead atoms. The third-order valence-corrected chi connectivity index (χ3v) is 3.71. The molecule has 0 unspecified atom stereocenters. The number of Topliss-reactive ketones (excluding diaryl/α,β-unsaturated/α-hetero) is 1. The zero-order chi connectivity index (χ0) is 14.4. The maximum Gasteiger partial charge on any atom is 0.189 e. The number of aromatic amines is 1. The van der Waals surface area contributed by atoms with Crippen molar-refractivity contribution >= 4 is 22.9 Å². The van der Waals surface area contributed by atoms with Crippen molar-refractivity contribution in [2.24, 2.45) is 0 Å². The van der Waals surface area contributed by atoms with Gasteiger partial charge in [-0.1, -0.05) is 12.1 Å². The number of rotatable bonds is 1. The van der Waals surface area contributed by atoms with Crippen LogP contribution in [0.1, 0.15) is 21.5 Å². The summed E-state index contributed by atoms with van der Waals surface area (Å²) in [5, 5.41) is 10.7. The molecular weight excluding hydrogens is 269 g/mol. The Morgan fingerprint density at radius 1 is 1.10 bits per heavy atom. The molecule has 1 aromatic heterocycles. The molecule has 102 valence electrons. The summed E-state index contributed by atoms with van der Waals surface area (Å²) in [4.78, 5) is 12.4. The Labute approximate surface area is 119 Å². The topological polar surface area (TPSA) is 58.6 Å². The highest BCUT2D eigenvalue weighted by molar-refractivity contribution is 6.17. The Hall–Kier alpha value is -2.82. The number of halogens is 1. The lowest BCUT2D eigenvalue weighted by atomic mass is 10.1. The van der Waals surface area contributed by atoms with E-state index in [1.807, 2.05) is 0 Å².